The third-order valence-corrected chi connectivity index (χ3v) is 5.66. The summed E-state index contributed by atoms with van der Waals surface area (Å²) in [6.07, 6.45) is 0.769. The van der Waals surface area contributed by atoms with Crippen molar-refractivity contribution in [3.8, 4) is 11.5 Å². The van der Waals surface area contributed by atoms with Crippen LogP contribution in [0.3, 0.4) is 0 Å². The van der Waals surface area contributed by atoms with Crippen LogP contribution in [0.1, 0.15) is 25.8 Å². The van der Waals surface area contributed by atoms with Gasteiger partial charge in [-0.15, -0.1) is 0 Å². The van der Waals surface area contributed by atoms with Gasteiger partial charge in [-0.05, 0) is 42.2 Å². The fourth-order valence-corrected chi connectivity index (χ4v) is 3.80. The normalized spacial score (nSPS) is 11.3. The number of methoxy groups -OCH3 is 2. The van der Waals surface area contributed by atoms with E-state index in [0.29, 0.717) is 30.2 Å². The summed E-state index contributed by atoms with van der Waals surface area (Å²) in [6.45, 7) is 4.28. The minimum absolute atomic E-state index is 0.146. The number of hydrogen-bond donors (Lipinski definition) is 2. The van der Waals surface area contributed by atoms with E-state index in [1.807, 2.05) is 13.8 Å². The molecule has 0 spiro atoms. The fourth-order valence-electron chi connectivity index (χ4n) is 2.59. The van der Waals surface area contributed by atoms with Gasteiger partial charge in [0.2, 0.25) is 15.9 Å². The molecule has 0 radical (unpaired) electrons. The van der Waals surface area contributed by atoms with Gasteiger partial charge in [-0.2, -0.15) is 0 Å². The van der Waals surface area contributed by atoms with Crippen molar-refractivity contribution in [2.75, 3.05) is 26.1 Å². The first-order chi connectivity index (χ1) is 13.7. The molecule has 2 aromatic rings. The van der Waals surface area contributed by atoms with Crippen LogP contribution >= 0.6 is 0 Å². The van der Waals surface area contributed by atoms with E-state index in [9.17, 15) is 13.2 Å². The number of amides is 1. The Morgan fingerprint density at radius 1 is 1.00 bits per heavy atom. The number of sulfonamides is 1. The molecule has 2 rings (SSSR count). The molecule has 8 heteroatoms. The first-order valence-corrected chi connectivity index (χ1v) is 10.8. The van der Waals surface area contributed by atoms with Crippen molar-refractivity contribution in [1.29, 1.82) is 0 Å². The molecule has 0 saturated carbocycles. The van der Waals surface area contributed by atoms with E-state index in [0.717, 1.165) is 5.56 Å². The van der Waals surface area contributed by atoms with Crippen molar-refractivity contribution in [2.45, 2.75) is 31.6 Å². The maximum Gasteiger partial charge on any atom is 0.240 e. The number of hydrogen-bond acceptors (Lipinski definition) is 5. The molecule has 2 aromatic carbocycles. The van der Waals surface area contributed by atoms with Crippen molar-refractivity contribution in [3.05, 3.63) is 48.0 Å². The maximum absolute atomic E-state index is 12.2. The molecule has 0 bridgehead atoms. The summed E-state index contributed by atoms with van der Waals surface area (Å²) < 4.78 is 37.4. The SMILES string of the molecule is COc1ccc(NC(=O)CCc2ccc(S(=O)(=O)NCC(C)C)cc2)cc1OC. The molecule has 0 aliphatic carbocycles. The fraction of sp³-hybridized carbons (Fsp3) is 0.381. The second kappa shape index (κ2) is 10.3. The standard InChI is InChI=1S/C21H28N2O5S/c1-15(2)14-22-29(25,26)18-9-5-16(6-10-18)7-12-21(24)23-17-8-11-19(27-3)20(13-17)28-4/h5-6,8-11,13,15,22H,7,12,14H2,1-4H3,(H,23,24). The largest absolute Gasteiger partial charge is 0.493 e. The number of rotatable bonds is 10. The topological polar surface area (TPSA) is 93.7 Å². The van der Waals surface area contributed by atoms with Crippen LogP contribution in [-0.4, -0.2) is 35.1 Å². The summed E-state index contributed by atoms with van der Waals surface area (Å²) in [5.74, 6) is 1.21. The maximum atomic E-state index is 12.2. The molecule has 0 aliphatic rings. The number of carbonyl (C=O) groups excluding carboxylic acids is 1. The van der Waals surface area contributed by atoms with E-state index < -0.39 is 10.0 Å². The van der Waals surface area contributed by atoms with Crippen LogP contribution in [0.15, 0.2) is 47.4 Å². The van der Waals surface area contributed by atoms with Crippen molar-refractivity contribution in [3.63, 3.8) is 0 Å². The van der Waals surface area contributed by atoms with E-state index >= 15 is 0 Å². The molecule has 2 N–H and O–H groups in total. The zero-order valence-corrected chi connectivity index (χ0v) is 18.0. The molecule has 0 aliphatic heterocycles. The van der Waals surface area contributed by atoms with Crippen LogP contribution < -0.4 is 19.5 Å². The Kier molecular flexibility index (Phi) is 8.04. The minimum atomic E-state index is -3.51. The van der Waals surface area contributed by atoms with E-state index in [4.69, 9.17) is 9.47 Å². The number of nitrogens with one attached hydrogen (secondary N) is 2. The third-order valence-electron chi connectivity index (χ3n) is 4.22. The number of ether oxygens (including phenoxy) is 2. The highest BCUT2D eigenvalue weighted by molar-refractivity contribution is 7.89. The third kappa shape index (κ3) is 6.76. The van der Waals surface area contributed by atoms with Crippen molar-refractivity contribution < 1.29 is 22.7 Å². The first kappa shape index (κ1) is 22.7. The lowest BCUT2D eigenvalue weighted by Gasteiger charge is -2.11. The van der Waals surface area contributed by atoms with Gasteiger partial charge >= 0.3 is 0 Å². The van der Waals surface area contributed by atoms with Crippen molar-refractivity contribution in [1.82, 2.24) is 4.72 Å². The van der Waals surface area contributed by atoms with Gasteiger partial charge in [-0.3, -0.25) is 4.79 Å². The van der Waals surface area contributed by atoms with Crippen LogP contribution in [0.2, 0.25) is 0 Å². The number of anilines is 1. The smallest absolute Gasteiger partial charge is 0.240 e. The van der Waals surface area contributed by atoms with Crippen LogP contribution in [0.5, 0.6) is 11.5 Å². The monoisotopic (exact) mass is 420 g/mol. The Morgan fingerprint density at radius 2 is 1.66 bits per heavy atom. The molecular formula is C21H28N2O5S. The highest BCUT2D eigenvalue weighted by Gasteiger charge is 2.14. The molecule has 0 heterocycles. The van der Waals surface area contributed by atoms with Crippen LogP contribution in [-0.2, 0) is 21.2 Å². The van der Waals surface area contributed by atoms with E-state index in [2.05, 4.69) is 10.0 Å². The molecule has 0 aromatic heterocycles. The van der Waals surface area contributed by atoms with E-state index in [-0.39, 0.29) is 23.1 Å². The zero-order chi connectivity index (χ0) is 21.4. The summed E-state index contributed by atoms with van der Waals surface area (Å²) in [7, 11) is -0.426. The quantitative estimate of drug-likeness (QED) is 0.616. The lowest BCUT2D eigenvalue weighted by molar-refractivity contribution is -0.116. The Morgan fingerprint density at radius 3 is 2.24 bits per heavy atom. The first-order valence-electron chi connectivity index (χ1n) is 9.35. The van der Waals surface area contributed by atoms with Crippen LogP contribution in [0.4, 0.5) is 5.69 Å². The molecule has 0 unspecified atom stereocenters. The second-order valence-electron chi connectivity index (χ2n) is 7.01. The average Bonchev–Trinajstić information content (AvgIpc) is 2.71. The van der Waals surface area contributed by atoms with Crippen molar-refractivity contribution in [2.24, 2.45) is 5.92 Å². The summed E-state index contributed by atoms with van der Waals surface area (Å²) >= 11 is 0. The van der Waals surface area contributed by atoms with Gasteiger partial charge in [0.25, 0.3) is 0 Å². The zero-order valence-electron chi connectivity index (χ0n) is 17.2. The summed E-state index contributed by atoms with van der Waals surface area (Å²) in [5, 5.41) is 2.82. The second-order valence-corrected chi connectivity index (χ2v) is 8.77. The van der Waals surface area contributed by atoms with Gasteiger partial charge in [0.1, 0.15) is 0 Å². The molecule has 0 saturated heterocycles. The van der Waals surface area contributed by atoms with Gasteiger partial charge in [-0.25, -0.2) is 13.1 Å². The highest BCUT2D eigenvalue weighted by atomic mass is 32.2. The Hall–Kier alpha value is -2.58. The predicted molar refractivity (Wildman–Crippen MR) is 113 cm³/mol. The van der Waals surface area contributed by atoms with Crippen LogP contribution in [0, 0.1) is 5.92 Å². The van der Waals surface area contributed by atoms with E-state index in [1.165, 1.54) is 7.11 Å². The lowest BCUT2D eigenvalue weighted by atomic mass is 10.1. The molecule has 0 atom stereocenters. The Labute approximate surface area is 172 Å². The molecule has 29 heavy (non-hydrogen) atoms. The van der Waals surface area contributed by atoms with E-state index in [1.54, 1.807) is 49.6 Å². The summed E-state index contributed by atoms with van der Waals surface area (Å²) in [4.78, 5) is 12.4. The van der Waals surface area contributed by atoms with Gasteiger partial charge < -0.3 is 14.8 Å². The molecule has 7 nitrogen and oxygen atoms in total. The predicted octanol–water partition coefficient (Wildman–Crippen LogP) is 3.21. The molecule has 0 fully saturated rings. The molecular weight excluding hydrogens is 392 g/mol. The minimum Gasteiger partial charge on any atom is -0.493 e. The van der Waals surface area contributed by atoms with Gasteiger partial charge in [0, 0.05) is 24.7 Å². The van der Waals surface area contributed by atoms with Crippen molar-refractivity contribution >= 4 is 21.6 Å². The Bertz CT molecular complexity index is 925. The number of carbonyl (C=O) groups is 1. The molecule has 1 amide bonds. The van der Waals surface area contributed by atoms with Gasteiger partial charge in [-0.1, -0.05) is 26.0 Å². The lowest BCUT2D eigenvalue weighted by Crippen LogP contribution is -2.27. The Balaban J connectivity index is 1.92. The van der Waals surface area contributed by atoms with Gasteiger partial charge in [0.05, 0.1) is 19.1 Å². The highest BCUT2D eigenvalue weighted by Crippen LogP contribution is 2.29. The average molecular weight is 421 g/mol. The van der Waals surface area contributed by atoms with Gasteiger partial charge in [0.15, 0.2) is 11.5 Å². The molecule has 158 valence electrons. The van der Waals surface area contributed by atoms with Crippen LogP contribution in [0.25, 0.3) is 0 Å². The summed E-state index contributed by atoms with van der Waals surface area (Å²) in [5.41, 5.74) is 1.50. The summed E-state index contributed by atoms with van der Waals surface area (Å²) in [6, 6.07) is 11.7. The number of aryl methyl sites for hydroxylation is 1. The number of benzene rings is 2.